The Hall–Kier alpha value is -1.19. The van der Waals surface area contributed by atoms with Gasteiger partial charge in [0.05, 0.1) is 17.2 Å². The second-order valence-electron chi connectivity index (χ2n) is 7.40. The SMILES string of the molecule is CCNC(=NCc1csc(CC)n1)NC1CCN(Cc2ccccc2C)CC1.I. The molecule has 160 valence electrons. The summed E-state index contributed by atoms with van der Waals surface area (Å²) in [6.07, 6.45) is 3.29. The molecule has 0 saturated carbocycles. The van der Waals surface area contributed by atoms with Crippen molar-refractivity contribution in [2.75, 3.05) is 19.6 Å². The predicted octanol–water partition coefficient (Wildman–Crippen LogP) is 4.35. The molecule has 2 heterocycles. The molecule has 1 aromatic carbocycles. The van der Waals surface area contributed by atoms with Gasteiger partial charge in [-0.15, -0.1) is 35.3 Å². The standard InChI is InChI=1S/C22H33N5S.HI/c1-4-21-25-20(16-28-21)14-24-22(23-5-2)26-19-10-12-27(13-11-19)15-18-9-7-6-8-17(18)3;/h6-9,16,19H,4-5,10-15H2,1-3H3,(H2,23,24,26);1H. The van der Waals surface area contributed by atoms with Crippen molar-refractivity contribution in [1.82, 2.24) is 20.5 Å². The highest BCUT2D eigenvalue weighted by atomic mass is 127. The molecule has 0 atom stereocenters. The van der Waals surface area contributed by atoms with Gasteiger partial charge in [-0.05, 0) is 44.2 Å². The zero-order valence-corrected chi connectivity index (χ0v) is 20.9. The van der Waals surface area contributed by atoms with Crippen molar-refractivity contribution in [1.29, 1.82) is 0 Å². The quantitative estimate of drug-likeness (QED) is 0.320. The molecule has 0 aliphatic carbocycles. The Morgan fingerprint density at radius 2 is 2.00 bits per heavy atom. The second-order valence-corrected chi connectivity index (χ2v) is 8.35. The predicted molar refractivity (Wildman–Crippen MR) is 134 cm³/mol. The minimum absolute atomic E-state index is 0. The number of guanidine groups is 1. The number of hydrogen-bond acceptors (Lipinski definition) is 4. The van der Waals surface area contributed by atoms with Crippen LogP contribution in [0.1, 0.15) is 48.5 Å². The van der Waals surface area contributed by atoms with Gasteiger partial charge in [0.25, 0.3) is 0 Å². The fourth-order valence-corrected chi connectivity index (χ4v) is 4.26. The summed E-state index contributed by atoms with van der Waals surface area (Å²) in [5.74, 6) is 0.908. The van der Waals surface area contributed by atoms with Crippen molar-refractivity contribution in [2.24, 2.45) is 4.99 Å². The third-order valence-corrected chi connectivity index (χ3v) is 6.27. The van der Waals surface area contributed by atoms with Crippen LogP contribution in [0.15, 0.2) is 34.6 Å². The average molecular weight is 528 g/mol. The first kappa shape index (κ1) is 24.1. The van der Waals surface area contributed by atoms with Crippen LogP contribution >= 0.6 is 35.3 Å². The number of aryl methyl sites for hydroxylation is 2. The lowest BCUT2D eigenvalue weighted by atomic mass is 10.0. The van der Waals surface area contributed by atoms with E-state index in [1.165, 1.54) is 16.1 Å². The highest BCUT2D eigenvalue weighted by Gasteiger charge is 2.20. The van der Waals surface area contributed by atoms with E-state index in [1.807, 2.05) is 0 Å². The number of rotatable bonds is 7. The summed E-state index contributed by atoms with van der Waals surface area (Å²) in [7, 11) is 0. The summed E-state index contributed by atoms with van der Waals surface area (Å²) in [5.41, 5.74) is 3.89. The molecule has 0 amide bonds. The van der Waals surface area contributed by atoms with E-state index in [4.69, 9.17) is 4.99 Å². The number of aliphatic imine (C=N–C) groups is 1. The van der Waals surface area contributed by atoms with E-state index in [-0.39, 0.29) is 24.0 Å². The minimum atomic E-state index is 0. The molecule has 0 bridgehead atoms. The Bertz CT molecular complexity index is 768. The van der Waals surface area contributed by atoms with Crippen LogP contribution in [0.3, 0.4) is 0 Å². The van der Waals surface area contributed by atoms with Crippen LogP contribution in [-0.4, -0.2) is 41.5 Å². The number of thiazole rings is 1. The maximum Gasteiger partial charge on any atom is 0.191 e. The molecule has 1 aliphatic heterocycles. The van der Waals surface area contributed by atoms with Gasteiger partial charge in [-0.2, -0.15) is 0 Å². The molecule has 2 aromatic rings. The normalized spacial score (nSPS) is 15.8. The highest BCUT2D eigenvalue weighted by Crippen LogP contribution is 2.16. The molecule has 0 unspecified atom stereocenters. The summed E-state index contributed by atoms with van der Waals surface area (Å²) in [4.78, 5) is 11.9. The van der Waals surface area contributed by atoms with Gasteiger partial charge in [0.1, 0.15) is 0 Å². The van der Waals surface area contributed by atoms with E-state index in [2.05, 4.69) is 70.9 Å². The maximum atomic E-state index is 4.75. The first-order valence-corrected chi connectivity index (χ1v) is 11.3. The number of benzene rings is 1. The Balaban J connectivity index is 0.00000300. The van der Waals surface area contributed by atoms with Crippen molar-refractivity contribution in [2.45, 2.75) is 59.2 Å². The number of likely N-dealkylation sites (tertiary alicyclic amines) is 1. The fourth-order valence-electron chi connectivity index (χ4n) is 3.52. The fraction of sp³-hybridized carbons (Fsp3) is 0.545. The molecule has 0 radical (unpaired) electrons. The van der Waals surface area contributed by atoms with Crippen LogP contribution in [0.25, 0.3) is 0 Å². The van der Waals surface area contributed by atoms with Gasteiger partial charge in [-0.1, -0.05) is 31.2 Å². The summed E-state index contributed by atoms with van der Waals surface area (Å²) in [6.45, 7) is 11.3. The third-order valence-electron chi connectivity index (χ3n) is 5.23. The van der Waals surface area contributed by atoms with Gasteiger partial charge in [0.15, 0.2) is 5.96 Å². The second kappa shape index (κ2) is 12.5. The lowest BCUT2D eigenvalue weighted by Gasteiger charge is -2.33. The molecule has 0 spiro atoms. The average Bonchev–Trinajstić information content (AvgIpc) is 3.18. The summed E-state index contributed by atoms with van der Waals surface area (Å²) in [5, 5.41) is 10.3. The molecule has 29 heavy (non-hydrogen) atoms. The monoisotopic (exact) mass is 527 g/mol. The zero-order chi connectivity index (χ0) is 19.8. The molecule has 7 heteroatoms. The molecular formula is C22H34IN5S. The van der Waals surface area contributed by atoms with Gasteiger partial charge in [0.2, 0.25) is 0 Å². The van der Waals surface area contributed by atoms with Crippen molar-refractivity contribution >= 4 is 41.3 Å². The Morgan fingerprint density at radius 1 is 1.24 bits per heavy atom. The molecule has 3 rings (SSSR count). The lowest BCUT2D eigenvalue weighted by molar-refractivity contribution is 0.198. The molecule has 1 aromatic heterocycles. The summed E-state index contributed by atoms with van der Waals surface area (Å²) < 4.78 is 0. The van der Waals surface area contributed by atoms with E-state index in [0.29, 0.717) is 12.6 Å². The van der Waals surface area contributed by atoms with Gasteiger partial charge in [0, 0.05) is 37.6 Å². The van der Waals surface area contributed by atoms with E-state index in [9.17, 15) is 0 Å². The molecule has 1 aliphatic rings. The number of halogens is 1. The third kappa shape index (κ3) is 7.53. The van der Waals surface area contributed by atoms with Gasteiger partial charge in [-0.3, -0.25) is 4.90 Å². The van der Waals surface area contributed by atoms with Crippen molar-refractivity contribution in [3.8, 4) is 0 Å². The van der Waals surface area contributed by atoms with Gasteiger partial charge in [-0.25, -0.2) is 9.98 Å². The number of hydrogen-bond donors (Lipinski definition) is 2. The smallest absolute Gasteiger partial charge is 0.191 e. The number of aromatic nitrogens is 1. The van der Waals surface area contributed by atoms with Gasteiger partial charge < -0.3 is 10.6 Å². The van der Waals surface area contributed by atoms with Crippen molar-refractivity contribution in [3.63, 3.8) is 0 Å². The number of nitrogens with zero attached hydrogens (tertiary/aromatic N) is 3. The highest BCUT2D eigenvalue weighted by molar-refractivity contribution is 14.0. The molecule has 2 N–H and O–H groups in total. The summed E-state index contributed by atoms with van der Waals surface area (Å²) in [6, 6.07) is 9.19. The Morgan fingerprint density at radius 3 is 2.66 bits per heavy atom. The van der Waals surface area contributed by atoms with Gasteiger partial charge >= 0.3 is 0 Å². The van der Waals surface area contributed by atoms with Crippen LogP contribution in [0.5, 0.6) is 0 Å². The Labute approximate surface area is 196 Å². The lowest BCUT2D eigenvalue weighted by Crippen LogP contribution is -2.48. The van der Waals surface area contributed by atoms with E-state index >= 15 is 0 Å². The van der Waals surface area contributed by atoms with Crippen LogP contribution < -0.4 is 10.6 Å². The molecular weight excluding hydrogens is 493 g/mol. The van der Waals surface area contributed by atoms with Crippen LogP contribution in [-0.2, 0) is 19.5 Å². The largest absolute Gasteiger partial charge is 0.357 e. The minimum Gasteiger partial charge on any atom is -0.357 e. The molecule has 5 nitrogen and oxygen atoms in total. The van der Waals surface area contributed by atoms with Crippen molar-refractivity contribution < 1.29 is 0 Å². The Kier molecular flexibility index (Phi) is 10.4. The number of nitrogens with one attached hydrogen (secondary N) is 2. The van der Waals surface area contributed by atoms with Crippen molar-refractivity contribution in [3.05, 3.63) is 51.5 Å². The summed E-state index contributed by atoms with van der Waals surface area (Å²) >= 11 is 1.73. The molecule has 1 fully saturated rings. The van der Waals surface area contributed by atoms with Crippen LogP contribution in [0.4, 0.5) is 0 Å². The van der Waals surface area contributed by atoms with Crippen LogP contribution in [0.2, 0.25) is 0 Å². The first-order chi connectivity index (χ1) is 13.7. The van der Waals surface area contributed by atoms with E-state index in [1.54, 1.807) is 11.3 Å². The molecule has 1 saturated heterocycles. The zero-order valence-electron chi connectivity index (χ0n) is 17.8. The maximum absolute atomic E-state index is 4.75. The van der Waals surface area contributed by atoms with E-state index in [0.717, 1.165) is 57.1 Å². The first-order valence-electron chi connectivity index (χ1n) is 10.4. The van der Waals surface area contributed by atoms with E-state index < -0.39 is 0 Å². The number of piperidine rings is 1. The van der Waals surface area contributed by atoms with Crippen LogP contribution in [0, 0.1) is 6.92 Å². The topological polar surface area (TPSA) is 52.6 Å².